The summed E-state index contributed by atoms with van der Waals surface area (Å²) in [6.45, 7) is 10.5. The Kier molecular flexibility index (Phi) is 6.52. The van der Waals surface area contributed by atoms with Gasteiger partial charge >= 0.3 is 0 Å². The third-order valence-corrected chi connectivity index (χ3v) is 3.29. The predicted octanol–water partition coefficient (Wildman–Crippen LogP) is 0.786. The first-order valence-corrected chi connectivity index (χ1v) is 6.78. The van der Waals surface area contributed by atoms with Crippen molar-refractivity contribution in [2.75, 3.05) is 46.3 Å². The molecule has 0 aromatic rings. The summed E-state index contributed by atoms with van der Waals surface area (Å²) in [5.74, 6) is 0.266. The normalized spacial score (nSPS) is 19.3. The van der Waals surface area contributed by atoms with E-state index >= 15 is 0 Å². The van der Waals surface area contributed by atoms with Crippen molar-refractivity contribution in [1.29, 1.82) is 0 Å². The maximum atomic E-state index is 11.4. The zero-order valence-corrected chi connectivity index (χ0v) is 11.5. The van der Waals surface area contributed by atoms with Crippen LogP contribution in [0.3, 0.4) is 0 Å². The van der Waals surface area contributed by atoms with E-state index < -0.39 is 0 Å². The van der Waals surface area contributed by atoms with Gasteiger partial charge in [0, 0.05) is 25.6 Å². The fourth-order valence-corrected chi connectivity index (χ4v) is 2.04. The minimum atomic E-state index is 0.0989. The number of nitrogens with one attached hydrogen (secondary N) is 1. The van der Waals surface area contributed by atoms with Gasteiger partial charge in [0.1, 0.15) is 0 Å². The summed E-state index contributed by atoms with van der Waals surface area (Å²) in [6, 6.07) is 0. The highest BCUT2D eigenvalue weighted by Crippen LogP contribution is 2.01. The van der Waals surface area contributed by atoms with Gasteiger partial charge in [-0.2, -0.15) is 0 Å². The second kappa shape index (κ2) is 7.67. The molecule has 0 spiro atoms. The first-order valence-electron chi connectivity index (χ1n) is 6.78. The Morgan fingerprint density at radius 3 is 2.71 bits per heavy atom. The third-order valence-electron chi connectivity index (χ3n) is 3.29. The average Bonchev–Trinajstić information content (AvgIpc) is 2.49. The highest BCUT2D eigenvalue weighted by atomic mass is 16.1. The SMILES string of the molecule is CC(C)C(=O)NCCCN1CCCN(C)CC1. The molecule has 0 aliphatic carbocycles. The molecule has 4 nitrogen and oxygen atoms in total. The molecule has 0 radical (unpaired) electrons. The van der Waals surface area contributed by atoms with Gasteiger partial charge in [0.05, 0.1) is 0 Å². The Morgan fingerprint density at radius 2 is 2.00 bits per heavy atom. The van der Waals surface area contributed by atoms with E-state index in [1.807, 2.05) is 13.8 Å². The van der Waals surface area contributed by atoms with Gasteiger partial charge in [-0.15, -0.1) is 0 Å². The number of carbonyl (C=O) groups is 1. The molecule has 0 aromatic carbocycles. The van der Waals surface area contributed by atoms with E-state index in [0.717, 1.165) is 26.1 Å². The van der Waals surface area contributed by atoms with Crippen molar-refractivity contribution in [2.24, 2.45) is 5.92 Å². The van der Waals surface area contributed by atoms with Crippen LogP contribution in [-0.2, 0) is 4.79 Å². The first-order chi connectivity index (χ1) is 8.09. The molecule has 0 bridgehead atoms. The van der Waals surface area contributed by atoms with Crippen LogP contribution >= 0.6 is 0 Å². The first kappa shape index (κ1) is 14.5. The molecule has 0 unspecified atom stereocenters. The second-order valence-electron chi connectivity index (χ2n) is 5.30. The summed E-state index contributed by atoms with van der Waals surface area (Å²) in [6.07, 6.45) is 2.32. The van der Waals surface area contributed by atoms with Gasteiger partial charge in [0.15, 0.2) is 0 Å². The van der Waals surface area contributed by atoms with Crippen LogP contribution < -0.4 is 5.32 Å². The van der Waals surface area contributed by atoms with Gasteiger partial charge in [0.2, 0.25) is 5.91 Å². The summed E-state index contributed by atoms with van der Waals surface area (Å²) >= 11 is 0. The van der Waals surface area contributed by atoms with E-state index in [0.29, 0.717) is 0 Å². The summed E-state index contributed by atoms with van der Waals surface area (Å²) in [7, 11) is 2.19. The molecule has 1 aliphatic rings. The maximum Gasteiger partial charge on any atom is 0.222 e. The molecule has 1 N–H and O–H groups in total. The Bertz CT molecular complexity index is 231. The summed E-state index contributed by atoms with van der Waals surface area (Å²) < 4.78 is 0. The van der Waals surface area contributed by atoms with Crippen LogP contribution in [0, 0.1) is 5.92 Å². The largest absolute Gasteiger partial charge is 0.356 e. The van der Waals surface area contributed by atoms with Crippen LogP contribution in [0.25, 0.3) is 0 Å². The topological polar surface area (TPSA) is 35.6 Å². The average molecular weight is 241 g/mol. The summed E-state index contributed by atoms with van der Waals surface area (Å²) in [5, 5.41) is 2.97. The number of amides is 1. The summed E-state index contributed by atoms with van der Waals surface area (Å²) in [5.41, 5.74) is 0. The molecular weight excluding hydrogens is 214 g/mol. The number of likely N-dealkylation sites (N-methyl/N-ethyl adjacent to an activating group) is 1. The van der Waals surface area contributed by atoms with E-state index in [9.17, 15) is 4.79 Å². The van der Waals surface area contributed by atoms with Crippen molar-refractivity contribution in [3.63, 3.8) is 0 Å². The standard InChI is InChI=1S/C13H27N3O/c1-12(2)13(17)14-6-4-8-16-9-5-7-15(3)10-11-16/h12H,4-11H2,1-3H3,(H,14,17). The number of nitrogens with zero attached hydrogens (tertiary/aromatic N) is 2. The van der Waals surface area contributed by atoms with Crippen LogP contribution in [-0.4, -0.2) is 62.0 Å². The van der Waals surface area contributed by atoms with Crippen molar-refractivity contribution in [2.45, 2.75) is 26.7 Å². The van der Waals surface area contributed by atoms with Gasteiger partial charge in [-0.05, 0) is 39.5 Å². The molecule has 100 valence electrons. The fraction of sp³-hybridized carbons (Fsp3) is 0.923. The Labute approximate surface area is 105 Å². The Morgan fingerprint density at radius 1 is 1.24 bits per heavy atom. The molecule has 1 heterocycles. The third kappa shape index (κ3) is 6.03. The summed E-state index contributed by atoms with van der Waals surface area (Å²) in [4.78, 5) is 16.3. The van der Waals surface area contributed by atoms with Gasteiger partial charge in [-0.1, -0.05) is 13.8 Å². The van der Waals surface area contributed by atoms with E-state index in [1.165, 1.54) is 26.1 Å². The van der Waals surface area contributed by atoms with Crippen LogP contribution in [0.1, 0.15) is 26.7 Å². The lowest BCUT2D eigenvalue weighted by molar-refractivity contribution is -0.123. The van der Waals surface area contributed by atoms with Gasteiger partial charge < -0.3 is 15.1 Å². The lowest BCUT2D eigenvalue weighted by Gasteiger charge is -2.20. The van der Waals surface area contributed by atoms with E-state index in [4.69, 9.17) is 0 Å². The Hall–Kier alpha value is -0.610. The second-order valence-corrected chi connectivity index (χ2v) is 5.30. The molecule has 1 rings (SSSR count). The van der Waals surface area contributed by atoms with Crippen molar-refractivity contribution in [1.82, 2.24) is 15.1 Å². The lowest BCUT2D eigenvalue weighted by Crippen LogP contribution is -2.33. The molecule has 1 aliphatic heterocycles. The van der Waals surface area contributed by atoms with Crippen molar-refractivity contribution >= 4 is 5.91 Å². The molecular formula is C13H27N3O. The van der Waals surface area contributed by atoms with E-state index in [2.05, 4.69) is 22.2 Å². The predicted molar refractivity (Wildman–Crippen MR) is 71.0 cm³/mol. The molecule has 4 heteroatoms. The van der Waals surface area contributed by atoms with Crippen molar-refractivity contribution < 1.29 is 4.79 Å². The number of rotatable bonds is 5. The van der Waals surface area contributed by atoms with Gasteiger partial charge in [-0.25, -0.2) is 0 Å². The highest BCUT2D eigenvalue weighted by Gasteiger charge is 2.11. The highest BCUT2D eigenvalue weighted by molar-refractivity contribution is 5.77. The molecule has 17 heavy (non-hydrogen) atoms. The van der Waals surface area contributed by atoms with Crippen LogP contribution in [0.5, 0.6) is 0 Å². The van der Waals surface area contributed by atoms with Crippen LogP contribution in [0.15, 0.2) is 0 Å². The zero-order valence-electron chi connectivity index (χ0n) is 11.5. The molecule has 0 atom stereocenters. The smallest absolute Gasteiger partial charge is 0.222 e. The van der Waals surface area contributed by atoms with E-state index in [-0.39, 0.29) is 11.8 Å². The number of hydrogen-bond donors (Lipinski definition) is 1. The number of carbonyl (C=O) groups excluding carboxylic acids is 1. The lowest BCUT2D eigenvalue weighted by atomic mass is 10.2. The molecule has 1 saturated heterocycles. The fourth-order valence-electron chi connectivity index (χ4n) is 2.04. The zero-order chi connectivity index (χ0) is 12.7. The monoisotopic (exact) mass is 241 g/mol. The Balaban J connectivity index is 2.08. The van der Waals surface area contributed by atoms with Crippen molar-refractivity contribution in [3.05, 3.63) is 0 Å². The maximum absolute atomic E-state index is 11.4. The number of hydrogen-bond acceptors (Lipinski definition) is 3. The van der Waals surface area contributed by atoms with Gasteiger partial charge in [0.25, 0.3) is 0 Å². The quantitative estimate of drug-likeness (QED) is 0.723. The van der Waals surface area contributed by atoms with Crippen LogP contribution in [0.2, 0.25) is 0 Å². The van der Waals surface area contributed by atoms with Crippen molar-refractivity contribution in [3.8, 4) is 0 Å². The van der Waals surface area contributed by atoms with Gasteiger partial charge in [-0.3, -0.25) is 4.79 Å². The molecule has 1 fully saturated rings. The minimum absolute atomic E-state index is 0.0989. The minimum Gasteiger partial charge on any atom is -0.356 e. The molecule has 0 saturated carbocycles. The van der Waals surface area contributed by atoms with E-state index in [1.54, 1.807) is 0 Å². The molecule has 0 aromatic heterocycles. The van der Waals surface area contributed by atoms with Crippen LogP contribution in [0.4, 0.5) is 0 Å². The molecule has 1 amide bonds.